The Bertz CT molecular complexity index is 372. The monoisotopic (exact) mass is 250 g/mol. The standard InChI is InChI=1S/C14H26N4/c1-7-11(8-2)18(6)13-9-12(15-5)16-14(17-13)10(3)4/h9-11H,7-8H2,1-6H3,(H,15,16,17). The van der Waals surface area contributed by atoms with E-state index >= 15 is 0 Å². The molecule has 1 aromatic heterocycles. The summed E-state index contributed by atoms with van der Waals surface area (Å²) in [6.07, 6.45) is 2.26. The Morgan fingerprint density at radius 1 is 1.22 bits per heavy atom. The molecular weight excluding hydrogens is 224 g/mol. The molecule has 1 N–H and O–H groups in total. The van der Waals surface area contributed by atoms with E-state index in [0.717, 1.165) is 30.3 Å². The first-order chi connectivity index (χ1) is 8.53. The maximum atomic E-state index is 4.67. The lowest BCUT2D eigenvalue weighted by Gasteiger charge is -2.28. The topological polar surface area (TPSA) is 41.0 Å². The second-order valence-electron chi connectivity index (χ2n) is 4.96. The molecule has 1 aromatic rings. The second-order valence-corrected chi connectivity index (χ2v) is 4.96. The molecule has 4 heteroatoms. The van der Waals surface area contributed by atoms with Gasteiger partial charge in [-0.1, -0.05) is 27.7 Å². The van der Waals surface area contributed by atoms with Crippen LogP contribution in [0.2, 0.25) is 0 Å². The van der Waals surface area contributed by atoms with Crippen LogP contribution in [0.4, 0.5) is 11.6 Å². The average Bonchev–Trinajstić information content (AvgIpc) is 2.39. The molecule has 4 nitrogen and oxygen atoms in total. The number of rotatable bonds is 6. The van der Waals surface area contributed by atoms with Crippen LogP contribution in [0.25, 0.3) is 0 Å². The smallest absolute Gasteiger partial charge is 0.135 e. The van der Waals surface area contributed by atoms with Gasteiger partial charge in [0.1, 0.15) is 17.5 Å². The molecule has 0 saturated carbocycles. The van der Waals surface area contributed by atoms with Crippen LogP contribution in [0.3, 0.4) is 0 Å². The summed E-state index contributed by atoms with van der Waals surface area (Å²) >= 11 is 0. The zero-order valence-corrected chi connectivity index (χ0v) is 12.5. The van der Waals surface area contributed by atoms with Gasteiger partial charge in [-0.3, -0.25) is 0 Å². The molecule has 0 atom stereocenters. The summed E-state index contributed by atoms with van der Waals surface area (Å²) < 4.78 is 0. The van der Waals surface area contributed by atoms with Crippen LogP contribution in [0.15, 0.2) is 6.07 Å². The van der Waals surface area contributed by atoms with Crippen molar-refractivity contribution in [2.24, 2.45) is 0 Å². The minimum absolute atomic E-state index is 0.340. The van der Waals surface area contributed by atoms with Crippen molar-refractivity contribution in [3.05, 3.63) is 11.9 Å². The molecule has 0 fully saturated rings. The number of hydrogen-bond acceptors (Lipinski definition) is 4. The number of anilines is 2. The first kappa shape index (κ1) is 14.7. The van der Waals surface area contributed by atoms with Gasteiger partial charge >= 0.3 is 0 Å². The van der Waals surface area contributed by atoms with Gasteiger partial charge in [-0.25, -0.2) is 9.97 Å². The Morgan fingerprint density at radius 3 is 2.28 bits per heavy atom. The second kappa shape index (κ2) is 6.57. The van der Waals surface area contributed by atoms with E-state index < -0.39 is 0 Å². The summed E-state index contributed by atoms with van der Waals surface area (Å²) in [5.74, 6) is 3.13. The quantitative estimate of drug-likeness (QED) is 0.841. The maximum absolute atomic E-state index is 4.67. The molecule has 0 aliphatic rings. The zero-order valence-electron chi connectivity index (χ0n) is 12.5. The van der Waals surface area contributed by atoms with Crippen LogP contribution in [-0.4, -0.2) is 30.1 Å². The molecule has 0 radical (unpaired) electrons. The van der Waals surface area contributed by atoms with Crippen LogP contribution in [0.1, 0.15) is 52.3 Å². The van der Waals surface area contributed by atoms with Gasteiger partial charge in [0.05, 0.1) is 0 Å². The molecule has 0 amide bonds. The van der Waals surface area contributed by atoms with Crippen molar-refractivity contribution in [2.45, 2.75) is 52.5 Å². The molecule has 1 heterocycles. The van der Waals surface area contributed by atoms with Gasteiger partial charge in [0.15, 0.2) is 0 Å². The minimum Gasteiger partial charge on any atom is -0.373 e. The van der Waals surface area contributed by atoms with Crippen LogP contribution in [-0.2, 0) is 0 Å². The molecule has 0 spiro atoms. The van der Waals surface area contributed by atoms with Gasteiger partial charge in [0.25, 0.3) is 0 Å². The lowest BCUT2D eigenvalue weighted by molar-refractivity contribution is 0.584. The molecule has 0 aromatic carbocycles. The highest BCUT2D eigenvalue weighted by Crippen LogP contribution is 2.22. The van der Waals surface area contributed by atoms with Gasteiger partial charge in [-0.2, -0.15) is 0 Å². The van der Waals surface area contributed by atoms with Crippen molar-refractivity contribution in [3.63, 3.8) is 0 Å². The summed E-state index contributed by atoms with van der Waals surface area (Å²) in [4.78, 5) is 11.4. The lowest BCUT2D eigenvalue weighted by Crippen LogP contribution is -2.31. The molecular formula is C14H26N4. The summed E-state index contributed by atoms with van der Waals surface area (Å²) in [5, 5.41) is 3.11. The van der Waals surface area contributed by atoms with Crippen molar-refractivity contribution in [1.29, 1.82) is 0 Å². The lowest BCUT2D eigenvalue weighted by atomic mass is 10.1. The van der Waals surface area contributed by atoms with Gasteiger partial charge < -0.3 is 10.2 Å². The van der Waals surface area contributed by atoms with E-state index in [1.165, 1.54) is 0 Å². The number of nitrogens with one attached hydrogen (secondary N) is 1. The Balaban J connectivity index is 3.10. The first-order valence-corrected chi connectivity index (χ1v) is 6.82. The zero-order chi connectivity index (χ0) is 13.7. The van der Waals surface area contributed by atoms with E-state index in [-0.39, 0.29) is 0 Å². The highest BCUT2D eigenvalue weighted by Gasteiger charge is 2.15. The SMILES string of the molecule is CCC(CC)N(C)c1cc(NC)nc(C(C)C)n1. The van der Waals surface area contributed by atoms with E-state index in [9.17, 15) is 0 Å². The average molecular weight is 250 g/mol. The van der Waals surface area contributed by atoms with Crippen molar-refractivity contribution in [3.8, 4) is 0 Å². The third kappa shape index (κ3) is 3.34. The fraction of sp³-hybridized carbons (Fsp3) is 0.714. The Hall–Kier alpha value is -1.32. The largest absolute Gasteiger partial charge is 0.373 e. The van der Waals surface area contributed by atoms with Crippen molar-refractivity contribution in [1.82, 2.24) is 9.97 Å². The Kier molecular flexibility index (Phi) is 5.38. The molecule has 0 aliphatic carbocycles. The Morgan fingerprint density at radius 2 is 1.83 bits per heavy atom. The summed E-state index contributed by atoms with van der Waals surface area (Å²) in [6.45, 7) is 8.67. The van der Waals surface area contributed by atoms with Crippen LogP contribution < -0.4 is 10.2 Å². The maximum Gasteiger partial charge on any atom is 0.135 e. The summed E-state index contributed by atoms with van der Waals surface area (Å²) in [6, 6.07) is 2.55. The fourth-order valence-corrected chi connectivity index (χ4v) is 2.04. The van der Waals surface area contributed by atoms with E-state index in [0.29, 0.717) is 12.0 Å². The molecule has 0 unspecified atom stereocenters. The normalized spacial score (nSPS) is 11.1. The molecule has 0 saturated heterocycles. The molecule has 18 heavy (non-hydrogen) atoms. The van der Waals surface area contributed by atoms with Crippen molar-refractivity contribution < 1.29 is 0 Å². The molecule has 0 aliphatic heterocycles. The van der Waals surface area contributed by atoms with Gasteiger partial charge in [0.2, 0.25) is 0 Å². The van der Waals surface area contributed by atoms with E-state index in [1.807, 2.05) is 13.1 Å². The van der Waals surface area contributed by atoms with Crippen molar-refractivity contribution >= 4 is 11.6 Å². The summed E-state index contributed by atoms with van der Waals surface area (Å²) in [7, 11) is 4.01. The Labute approximate surface area is 111 Å². The van der Waals surface area contributed by atoms with Gasteiger partial charge in [-0.15, -0.1) is 0 Å². The molecule has 102 valence electrons. The highest BCUT2D eigenvalue weighted by atomic mass is 15.2. The van der Waals surface area contributed by atoms with Crippen LogP contribution in [0, 0.1) is 0 Å². The predicted octanol–water partition coefficient (Wildman–Crippen LogP) is 3.27. The number of hydrogen-bond donors (Lipinski definition) is 1. The van der Waals surface area contributed by atoms with Crippen LogP contribution in [0.5, 0.6) is 0 Å². The van der Waals surface area contributed by atoms with E-state index in [2.05, 4.69) is 54.9 Å². The van der Waals surface area contributed by atoms with Crippen molar-refractivity contribution in [2.75, 3.05) is 24.3 Å². The first-order valence-electron chi connectivity index (χ1n) is 6.82. The molecule has 0 bridgehead atoms. The number of aromatic nitrogens is 2. The predicted molar refractivity (Wildman–Crippen MR) is 78.4 cm³/mol. The minimum atomic E-state index is 0.340. The van der Waals surface area contributed by atoms with Gasteiger partial charge in [-0.05, 0) is 12.8 Å². The number of nitrogens with zero attached hydrogens (tertiary/aromatic N) is 3. The highest BCUT2D eigenvalue weighted by molar-refractivity contribution is 5.49. The molecule has 1 rings (SSSR count). The summed E-state index contributed by atoms with van der Waals surface area (Å²) in [5.41, 5.74) is 0. The van der Waals surface area contributed by atoms with Gasteiger partial charge in [0, 0.05) is 32.1 Å². The van der Waals surface area contributed by atoms with E-state index in [4.69, 9.17) is 0 Å². The third-order valence-corrected chi connectivity index (χ3v) is 3.35. The van der Waals surface area contributed by atoms with Crippen LogP contribution >= 0.6 is 0 Å². The van der Waals surface area contributed by atoms with E-state index in [1.54, 1.807) is 0 Å². The fourth-order valence-electron chi connectivity index (χ4n) is 2.04. The third-order valence-electron chi connectivity index (χ3n) is 3.35.